The number of nitrogens with one attached hydrogen (secondary N) is 2. The van der Waals surface area contributed by atoms with Crippen LogP contribution in [0.3, 0.4) is 0 Å². The van der Waals surface area contributed by atoms with Crippen molar-refractivity contribution >= 4 is 17.3 Å². The molecule has 2 nitrogen and oxygen atoms in total. The zero-order valence-corrected chi connectivity index (χ0v) is 10.1. The number of hydrogen-bond acceptors (Lipinski definition) is 1. The van der Waals surface area contributed by atoms with Gasteiger partial charge in [0.2, 0.25) is 0 Å². The molecule has 0 aliphatic carbocycles. The summed E-state index contributed by atoms with van der Waals surface area (Å²) < 4.78 is 0. The highest BCUT2D eigenvalue weighted by molar-refractivity contribution is 7.80. The number of hydrogen-bond donors (Lipinski definition) is 2. The first-order valence-corrected chi connectivity index (χ1v) is 5.38. The Labute approximate surface area is 87.5 Å². The lowest BCUT2D eigenvalue weighted by atomic mass is 9.92. The second-order valence-electron chi connectivity index (χ2n) is 4.49. The molecule has 2 N–H and O–H groups in total. The van der Waals surface area contributed by atoms with E-state index in [1.54, 1.807) is 0 Å². The molecule has 0 heterocycles. The maximum absolute atomic E-state index is 5.09. The monoisotopic (exact) mass is 202 g/mol. The molecule has 0 aromatic carbocycles. The molecule has 78 valence electrons. The predicted octanol–water partition coefficient (Wildman–Crippen LogP) is 2.30. The van der Waals surface area contributed by atoms with Crippen LogP contribution in [-0.4, -0.2) is 18.2 Å². The van der Waals surface area contributed by atoms with Crippen molar-refractivity contribution in [2.75, 3.05) is 13.1 Å². The lowest BCUT2D eigenvalue weighted by molar-refractivity contribution is 0.377. The van der Waals surface area contributed by atoms with Gasteiger partial charge in [0.1, 0.15) is 0 Å². The molecule has 0 atom stereocenters. The summed E-state index contributed by atoms with van der Waals surface area (Å²) in [7, 11) is 0. The van der Waals surface area contributed by atoms with Crippen LogP contribution in [-0.2, 0) is 0 Å². The van der Waals surface area contributed by atoms with E-state index in [0.29, 0.717) is 5.41 Å². The summed E-state index contributed by atoms with van der Waals surface area (Å²) in [6.07, 6.45) is 2.25. The van der Waals surface area contributed by atoms with Crippen LogP contribution in [0.25, 0.3) is 0 Å². The van der Waals surface area contributed by atoms with Crippen LogP contribution >= 0.6 is 12.2 Å². The third kappa shape index (κ3) is 9.61. The van der Waals surface area contributed by atoms with Gasteiger partial charge in [0, 0.05) is 13.1 Å². The third-order valence-corrected chi connectivity index (χ3v) is 1.98. The Balaban J connectivity index is 3.37. The summed E-state index contributed by atoms with van der Waals surface area (Å²) in [6, 6.07) is 0. The lowest BCUT2D eigenvalue weighted by Crippen LogP contribution is -2.37. The smallest absolute Gasteiger partial charge is 0.166 e. The van der Waals surface area contributed by atoms with Crippen molar-refractivity contribution in [1.29, 1.82) is 0 Å². The van der Waals surface area contributed by atoms with Gasteiger partial charge in [-0.3, -0.25) is 0 Å². The molecule has 0 saturated heterocycles. The van der Waals surface area contributed by atoms with Gasteiger partial charge in [-0.05, 0) is 30.5 Å². The third-order valence-electron chi connectivity index (χ3n) is 1.70. The summed E-state index contributed by atoms with van der Waals surface area (Å²) in [5, 5.41) is 7.12. The van der Waals surface area contributed by atoms with E-state index in [4.69, 9.17) is 12.2 Å². The largest absolute Gasteiger partial charge is 0.363 e. The van der Waals surface area contributed by atoms with E-state index in [2.05, 4.69) is 38.3 Å². The zero-order chi connectivity index (χ0) is 10.3. The fraction of sp³-hybridized carbons (Fsp3) is 0.900. The Bertz CT molecular complexity index is 149. The summed E-state index contributed by atoms with van der Waals surface area (Å²) >= 11 is 5.09. The maximum atomic E-state index is 5.09. The molecule has 0 spiro atoms. The van der Waals surface area contributed by atoms with Crippen LogP contribution < -0.4 is 10.6 Å². The van der Waals surface area contributed by atoms with E-state index in [1.807, 2.05) is 0 Å². The number of thiocarbonyl (C=S) groups is 1. The maximum Gasteiger partial charge on any atom is 0.166 e. The van der Waals surface area contributed by atoms with Crippen molar-refractivity contribution < 1.29 is 0 Å². The van der Waals surface area contributed by atoms with Crippen molar-refractivity contribution in [2.45, 2.75) is 40.5 Å². The molecule has 0 rings (SSSR count). The van der Waals surface area contributed by atoms with Gasteiger partial charge in [0.25, 0.3) is 0 Å². The Kier molecular flexibility index (Phi) is 6.04. The highest BCUT2D eigenvalue weighted by Gasteiger charge is 2.08. The first-order chi connectivity index (χ1) is 5.95. The van der Waals surface area contributed by atoms with E-state index in [1.165, 1.54) is 0 Å². The molecular weight excluding hydrogens is 180 g/mol. The minimum atomic E-state index is 0.382. The highest BCUT2D eigenvalue weighted by Crippen LogP contribution is 2.16. The van der Waals surface area contributed by atoms with Gasteiger partial charge in [-0.2, -0.15) is 0 Å². The van der Waals surface area contributed by atoms with E-state index < -0.39 is 0 Å². The van der Waals surface area contributed by atoms with Crippen LogP contribution in [0.1, 0.15) is 40.5 Å². The molecule has 0 saturated carbocycles. The molecule has 0 radical (unpaired) electrons. The molecule has 0 aliphatic rings. The van der Waals surface area contributed by atoms with Crippen molar-refractivity contribution in [3.63, 3.8) is 0 Å². The van der Waals surface area contributed by atoms with Crippen LogP contribution in [0.5, 0.6) is 0 Å². The lowest BCUT2D eigenvalue weighted by Gasteiger charge is -2.18. The molecule has 0 aromatic heterocycles. The minimum absolute atomic E-state index is 0.382. The van der Waals surface area contributed by atoms with E-state index in [9.17, 15) is 0 Å². The molecule has 0 aliphatic heterocycles. The van der Waals surface area contributed by atoms with Gasteiger partial charge in [0.05, 0.1) is 0 Å². The summed E-state index contributed by atoms with van der Waals surface area (Å²) in [6.45, 7) is 10.7. The van der Waals surface area contributed by atoms with Crippen LogP contribution in [0.2, 0.25) is 0 Å². The molecule has 0 bridgehead atoms. The summed E-state index contributed by atoms with van der Waals surface area (Å²) in [5.41, 5.74) is 0.382. The fourth-order valence-corrected chi connectivity index (χ4v) is 1.06. The van der Waals surface area contributed by atoms with Crippen molar-refractivity contribution in [1.82, 2.24) is 10.6 Å². The van der Waals surface area contributed by atoms with Gasteiger partial charge in [0.15, 0.2) is 5.11 Å². The molecule has 0 aromatic rings. The Morgan fingerprint density at radius 2 is 1.69 bits per heavy atom. The second kappa shape index (κ2) is 6.19. The van der Waals surface area contributed by atoms with Gasteiger partial charge in [-0.1, -0.05) is 27.7 Å². The van der Waals surface area contributed by atoms with Crippen LogP contribution in [0, 0.1) is 5.41 Å². The van der Waals surface area contributed by atoms with E-state index >= 15 is 0 Å². The van der Waals surface area contributed by atoms with Gasteiger partial charge < -0.3 is 10.6 Å². The molecule has 0 unspecified atom stereocenters. The first kappa shape index (κ1) is 12.7. The quantitative estimate of drug-likeness (QED) is 0.684. The molecular formula is C10H22N2S. The topological polar surface area (TPSA) is 24.1 Å². The normalized spacial score (nSPS) is 11.1. The van der Waals surface area contributed by atoms with Crippen LogP contribution in [0.15, 0.2) is 0 Å². The molecule has 13 heavy (non-hydrogen) atoms. The van der Waals surface area contributed by atoms with Crippen molar-refractivity contribution in [3.05, 3.63) is 0 Å². The number of rotatable bonds is 4. The highest BCUT2D eigenvalue weighted by atomic mass is 32.1. The molecule has 3 heteroatoms. The fourth-order valence-electron chi connectivity index (χ4n) is 0.852. The van der Waals surface area contributed by atoms with Crippen molar-refractivity contribution in [3.8, 4) is 0 Å². The molecule has 0 amide bonds. The van der Waals surface area contributed by atoms with Gasteiger partial charge in [-0.15, -0.1) is 0 Å². The predicted molar refractivity (Wildman–Crippen MR) is 63.0 cm³/mol. The van der Waals surface area contributed by atoms with E-state index in [-0.39, 0.29) is 0 Å². The van der Waals surface area contributed by atoms with Gasteiger partial charge >= 0.3 is 0 Å². The average molecular weight is 202 g/mol. The molecule has 0 fully saturated rings. The van der Waals surface area contributed by atoms with Gasteiger partial charge in [-0.25, -0.2) is 0 Å². The Hall–Kier alpha value is -0.310. The summed E-state index contributed by atoms with van der Waals surface area (Å²) in [4.78, 5) is 0. The minimum Gasteiger partial charge on any atom is -0.363 e. The zero-order valence-electron chi connectivity index (χ0n) is 9.24. The van der Waals surface area contributed by atoms with Crippen LogP contribution in [0.4, 0.5) is 0 Å². The standard InChI is InChI=1S/C10H22N2S/c1-5-7-11-9(13)12-8-6-10(2,3)4/h5-8H2,1-4H3,(H2,11,12,13). The van der Waals surface area contributed by atoms with Crippen molar-refractivity contribution in [2.24, 2.45) is 5.41 Å². The van der Waals surface area contributed by atoms with E-state index in [0.717, 1.165) is 31.0 Å². The summed E-state index contributed by atoms with van der Waals surface area (Å²) in [5.74, 6) is 0. The average Bonchev–Trinajstić information content (AvgIpc) is 1.98. The Morgan fingerprint density at radius 1 is 1.15 bits per heavy atom. The second-order valence-corrected chi connectivity index (χ2v) is 4.90. The SMILES string of the molecule is CCCNC(=S)NCCC(C)(C)C. The first-order valence-electron chi connectivity index (χ1n) is 4.97. The Morgan fingerprint density at radius 3 is 2.15 bits per heavy atom.